The summed E-state index contributed by atoms with van der Waals surface area (Å²) >= 11 is 0. The third kappa shape index (κ3) is 3.36. The van der Waals surface area contributed by atoms with Crippen LogP contribution in [0, 0.1) is 0 Å². The van der Waals surface area contributed by atoms with Gasteiger partial charge in [-0.15, -0.1) is 0 Å². The summed E-state index contributed by atoms with van der Waals surface area (Å²) in [4.78, 5) is 3.82. The molecule has 102 valence electrons. The van der Waals surface area contributed by atoms with E-state index in [1.54, 1.807) is 0 Å². The second kappa shape index (κ2) is 5.17. The molecule has 0 radical (unpaired) electrons. The molecule has 0 fully saturated rings. The molecule has 1 aromatic heterocycles. The Morgan fingerprint density at radius 2 is 2.11 bits per heavy atom. The molecule has 0 aliphatic heterocycles. The zero-order valence-corrected chi connectivity index (χ0v) is 9.74. The van der Waals surface area contributed by atoms with Crippen molar-refractivity contribution in [2.45, 2.75) is 12.6 Å². The van der Waals surface area contributed by atoms with Crippen LogP contribution < -0.4 is 11.1 Å². The zero-order valence-electron chi connectivity index (χ0n) is 9.74. The molecule has 5 nitrogen and oxygen atoms in total. The number of halogens is 3. The SMILES string of the molecule is Nc1cc(C(F)(F)F)ccc1NCCc1ncno1. The van der Waals surface area contributed by atoms with E-state index in [1.807, 2.05) is 0 Å². The minimum absolute atomic E-state index is 0.0420. The molecule has 1 heterocycles. The molecule has 19 heavy (non-hydrogen) atoms. The first-order valence-electron chi connectivity index (χ1n) is 5.43. The predicted molar refractivity (Wildman–Crippen MR) is 62.3 cm³/mol. The van der Waals surface area contributed by atoms with Crippen molar-refractivity contribution in [3.05, 3.63) is 36.0 Å². The third-order valence-corrected chi connectivity index (χ3v) is 2.44. The molecule has 0 saturated carbocycles. The first-order chi connectivity index (χ1) is 8.97. The number of anilines is 2. The maximum Gasteiger partial charge on any atom is 0.416 e. The maximum absolute atomic E-state index is 12.4. The van der Waals surface area contributed by atoms with Crippen LogP contribution >= 0.6 is 0 Å². The number of nitrogen functional groups attached to an aromatic ring is 1. The minimum Gasteiger partial charge on any atom is -0.397 e. The van der Waals surface area contributed by atoms with Gasteiger partial charge in [-0.2, -0.15) is 18.2 Å². The lowest BCUT2D eigenvalue weighted by molar-refractivity contribution is -0.137. The van der Waals surface area contributed by atoms with Crippen molar-refractivity contribution in [2.75, 3.05) is 17.6 Å². The molecule has 0 amide bonds. The topological polar surface area (TPSA) is 77.0 Å². The van der Waals surface area contributed by atoms with Gasteiger partial charge in [-0.05, 0) is 18.2 Å². The lowest BCUT2D eigenvalue weighted by atomic mass is 10.1. The van der Waals surface area contributed by atoms with Gasteiger partial charge in [0.2, 0.25) is 5.89 Å². The van der Waals surface area contributed by atoms with Crippen molar-refractivity contribution in [2.24, 2.45) is 0 Å². The molecule has 0 spiro atoms. The van der Waals surface area contributed by atoms with Gasteiger partial charge in [-0.3, -0.25) is 0 Å². The Hall–Kier alpha value is -2.25. The van der Waals surface area contributed by atoms with Crippen LogP contribution in [-0.4, -0.2) is 16.7 Å². The Morgan fingerprint density at radius 3 is 2.68 bits per heavy atom. The summed E-state index contributed by atoms with van der Waals surface area (Å²) in [6.07, 6.45) is -2.65. The molecular weight excluding hydrogens is 261 g/mol. The summed E-state index contributed by atoms with van der Waals surface area (Å²) in [6, 6.07) is 3.17. The van der Waals surface area contributed by atoms with E-state index in [2.05, 4.69) is 15.5 Å². The van der Waals surface area contributed by atoms with Crippen molar-refractivity contribution < 1.29 is 17.7 Å². The van der Waals surface area contributed by atoms with Gasteiger partial charge in [0.25, 0.3) is 0 Å². The summed E-state index contributed by atoms with van der Waals surface area (Å²) in [5.74, 6) is 0.443. The molecule has 2 rings (SSSR count). The fraction of sp³-hybridized carbons (Fsp3) is 0.273. The van der Waals surface area contributed by atoms with Crippen molar-refractivity contribution in [3.63, 3.8) is 0 Å². The maximum atomic E-state index is 12.4. The van der Waals surface area contributed by atoms with Crippen molar-refractivity contribution in [1.82, 2.24) is 10.1 Å². The van der Waals surface area contributed by atoms with E-state index in [0.717, 1.165) is 12.1 Å². The van der Waals surface area contributed by atoms with Crippen LogP contribution in [0.3, 0.4) is 0 Å². The summed E-state index contributed by atoms with van der Waals surface area (Å²) in [5, 5.41) is 6.35. The van der Waals surface area contributed by atoms with Gasteiger partial charge in [0, 0.05) is 13.0 Å². The molecule has 8 heteroatoms. The van der Waals surface area contributed by atoms with Gasteiger partial charge < -0.3 is 15.6 Å². The van der Waals surface area contributed by atoms with Gasteiger partial charge in [0.15, 0.2) is 6.33 Å². The molecule has 1 aromatic carbocycles. The fourth-order valence-corrected chi connectivity index (χ4v) is 1.51. The highest BCUT2D eigenvalue weighted by Crippen LogP contribution is 2.32. The minimum atomic E-state index is -4.39. The summed E-state index contributed by atoms with van der Waals surface area (Å²) in [6.45, 7) is 0.428. The average Bonchev–Trinajstić information content (AvgIpc) is 2.83. The predicted octanol–water partition coefficient (Wildman–Crippen LogP) is 2.33. The molecule has 0 unspecified atom stereocenters. The third-order valence-electron chi connectivity index (χ3n) is 2.44. The standard InChI is InChI=1S/C11H11F3N4O/c12-11(13,14)7-1-2-9(8(15)5-7)16-4-3-10-17-6-18-19-10/h1-2,5-6,16H,3-4,15H2. The number of benzene rings is 1. The smallest absolute Gasteiger partial charge is 0.397 e. The lowest BCUT2D eigenvalue weighted by Gasteiger charge is -2.12. The van der Waals surface area contributed by atoms with E-state index in [1.165, 1.54) is 12.4 Å². The van der Waals surface area contributed by atoms with Crippen LogP contribution in [0.1, 0.15) is 11.5 Å². The second-order valence-corrected chi connectivity index (χ2v) is 3.81. The molecular formula is C11H11F3N4O. The number of nitrogens with zero attached hydrogens (tertiary/aromatic N) is 2. The number of nitrogens with one attached hydrogen (secondary N) is 1. The Bertz CT molecular complexity index is 539. The summed E-state index contributed by atoms with van der Waals surface area (Å²) in [5.41, 5.74) is 5.27. The van der Waals surface area contributed by atoms with E-state index in [-0.39, 0.29) is 5.69 Å². The highest BCUT2D eigenvalue weighted by atomic mass is 19.4. The Kier molecular flexibility index (Phi) is 3.59. The van der Waals surface area contributed by atoms with Gasteiger partial charge >= 0.3 is 6.18 Å². The molecule has 0 bridgehead atoms. The van der Waals surface area contributed by atoms with Gasteiger partial charge in [-0.1, -0.05) is 5.16 Å². The molecule has 0 aliphatic carbocycles. The Morgan fingerprint density at radius 1 is 1.32 bits per heavy atom. The van der Waals surface area contributed by atoms with Crippen molar-refractivity contribution >= 4 is 11.4 Å². The largest absolute Gasteiger partial charge is 0.416 e. The first-order valence-corrected chi connectivity index (χ1v) is 5.43. The number of alkyl halides is 3. The average molecular weight is 272 g/mol. The van der Waals surface area contributed by atoms with Gasteiger partial charge in [0.05, 0.1) is 16.9 Å². The first kappa shape index (κ1) is 13.2. The number of hydrogen-bond donors (Lipinski definition) is 2. The van der Waals surface area contributed by atoms with Crippen LogP contribution in [0.25, 0.3) is 0 Å². The molecule has 0 aliphatic rings. The van der Waals surface area contributed by atoms with Crippen LogP contribution in [0.5, 0.6) is 0 Å². The van der Waals surface area contributed by atoms with Crippen LogP contribution in [-0.2, 0) is 12.6 Å². The Balaban J connectivity index is 1.97. The van der Waals surface area contributed by atoms with Crippen LogP contribution in [0.15, 0.2) is 29.0 Å². The number of rotatable bonds is 4. The Labute approximate surface area is 106 Å². The monoisotopic (exact) mass is 272 g/mol. The zero-order chi connectivity index (χ0) is 13.9. The normalized spacial score (nSPS) is 11.5. The van der Waals surface area contributed by atoms with Gasteiger partial charge in [0.1, 0.15) is 0 Å². The molecule has 3 N–H and O–H groups in total. The second-order valence-electron chi connectivity index (χ2n) is 3.81. The molecule has 0 saturated heterocycles. The van der Waals surface area contributed by atoms with Crippen LogP contribution in [0.4, 0.5) is 24.5 Å². The summed E-state index contributed by atoms with van der Waals surface area (Å²) < 4.78 is 42.1. The van der Waals surface area contributed by atoms with E-state index >= 15 is 0 Å². The molecule has 2 aromatic rings. The van der Waals surface area contributed by atoms with E-state index < -0.39 is 11.7 Å². The van der Waals surface area contributed by atoms with E-state index in [0.29, 0.717) is 24.5 Å². The van der Waals surface area contributed by atoms with Gasteiger partial charge in [-0.25, -0.2) is 0 Å². The highest BCUT2D eigenvalue weighted by Gasteiger charge is 2.30. The highest BCUT2D eigenvalue weighted by molar-refractivity contribution is 5.67. The number of aromatic nitrogens is 2. The fourth-order valence-electron chi connectivity index (χ4n) is 1.51. The van der Waals surface area contributed by atoms with E-state index in [9.17, 15) is 13.2 Å². The quantitative estimate of drug-likeness (QED) is 0.835. The van der Waals surface area contributed by atoms with Crippen molar-refractivity contribution in [3.8, 4) is 0 Å². The number of hydrogen-bond acceptors (Lipinski definition) is 5. The molecule has 0 atom stereocenters. The van der Waals surface area contributed by atoms with E-state index in [4.69, 9.17) is 10.3 Å². The number of nitrogens with two attached hydrogens (primary N) is 1. The van der Waals surface area contributed by atoms with Crippen molar-refractivity contribution in [1.29, 1.82) is 0 Å². The van der Waals surface area contributed by atoms with Crippen LogP contribution in [0.2, 0.25) is 0 Å². The summed E-state index contributed by atoms with van der Waals surface area (Å²) in [7, 11) is 0. The lowest BCUT2D eigenvalue weighted by Crippen LogP contribution is -2.10.